The molecule has 0 aliphatic carbocycles. The van der Waals surface area contributed by atoms with Crippen LogP contribution < -0.4 is 5.32 Å². The molecule has 3 heterocycles. The van der Waals surface area contributed by atoms with E-state index in [9.17, 15) is 19.2 Å². The van der Waals surface area contributed by atoms with Crippen LogP contribution in [0.25, 0.3) is 22.5 Å². The monoisotopic (exact) mass is 751 g/mol. The summed E-state index contributed by atoms with van der Waals surface area (Å²) >= 11 is 0. The van der Waals surface area contributed by atoms with E-state index in [1.807, 2.05) is 37.7 Å². The van der Waals surface area contributed by atoms with Gasteiger partial charge in [0.15, 0.2) is 6.04 Å². The number of nitrogens with zero attached hydrogens (tertiary/aromatic N) is 8. The summed E-state index contributed by atoms with van der Waals surface area (Å²) in [6, 6.07) is 4.78. The molecule has 1 aromatic carbocycles. The summed E-state index contributed by atoms with van der Waals surface area (Å²) in [4.78, 5) is 55.0. The van der Waals surface area contributed by atoms with Crippen molar-refractivity contribution < 1.29 is 33.4 Å². The lowest BCUT2D eigenvalue weighted by Gasteiger charge is -2.35. The molecule has 0 radical (unpaired) electrons. The Labute approximate surface area is 317 Å². The number of amides is 3. The molecule has 3 atom stereocenters. The maximum Gasteiger partial charge on any atom is 0.410 e. The molecule has 1 saturated heterocycles. The predicted octanol–water partition coefficient (Wildman–Crippen LogP) is 5.91. The molecule has 16 nitrogen and oxygen atoms in total. The first-order valence-electron chi connectivity index (χ1n) is 18.7. The van der Waals surface area contributed by atoms with Gasteiger partial charge in [0.05, 0.1) is 25.5 Å². The van der Waals surface area contributed by atoms with Gasteiger partial charge in [-0.2, -0.15) is 0 Å². The number of rotatable bonds is 13. The molecule has 0 spiro atoms. The van der Waals surface area contributed by atoms with E-state index in [0.717, 1.165) is 6.42 Å². The number of piperazine rings is 1. The number of esters is 1. The van der Waals surface area contributed by atoms with Crippen molar-refractivity contribution in [1.29, 1.82) is 0 Å². The molecule has 1 fully saturated rings. The maximum absolute atomic E-state index is 14.1. The highest BCUT2D eigenvalue weighted by Crippen LogP contribution is 2.30. The van der Waals surface area contributed by atoms with Crippen LogP contribution in [-0.2, 0) is 19.0 Å². The predicted molar refractivity (Wildman–Crippen MR) is 201 cm³/mol. The standard InChI is InChI=1S/C38H57N9O7/c1-11-25(2)26(3)46-23-30(40-42-46)27-20-28(22-29(21-27)33(48)44-16-18-45(19-17-44)36(51)54-38(7,8)9)31-24-47(43-41-31)32(34(49)52-10)14-12-13-15-39-35(50)53-37(4,5)6/h20-26,32H,11-19H2,1-10H3,(H,39,50)/t25?,26-,32+/m1/s1. The Morgan fingerprint density at radius 1 is 0.796 bits per heavy atom. The van der Waals surface area contributed by atoms with Crippen molar-refractivity contribution >= 4 is 24.1 Å². The molecule has 16 heteroatoms. The number of nitrogens with one attached hydrogen (secondary N) is 1. The molecule has 296 valence electrons. The summed E-state index contributed by atoms with van der Waals surface area (Å²) < 4.78 is 19.2. The lowest BCUT2D eigenvalue weighted by Crippen LogP contribution is -2.51. The van der Waals surface area contributed by atoms with Gasteiger partial charge in [0.25, 0.3) is 5.91 Å². The van der Waals surface area contributed by atoms with Crippen LogP contribution in [0, 0.1) is 5.92 Å². The average molecular weight is 752 g/mol. The van der Waals surface area contributed by atoms with E-state index in [0.29, 0.717) is 86.0 Å². The number of unbranched alkanes of at least 4 members (excludes halogenated alkanes) is 1. The highest BCUT2D eigenvalue weighted by molar-refractivity contribution is 5.97. The summed E-state index contributed by atoms with van der Waals surface area (Å²) in [7, 11) is 1.32. The third-order valence-electron chi connectivity index (χ3n) is 9.26. The molecule has 2 aromatic heterocycles. The van der Waals surface area contributed by atoms with E-state index in [1.54, 1.807) is 48.9 Å². The van der Waals surface area contributed by atoms with Gasteiger partial charge in [-0.15, -0.1) is 10.2 Å². The molecule has 0 saturated carbocycles. The Morgan fingerprint density at radius 3 is 1.91 bits per heavy atom. The summed E-state index contributed by atoms with van der Waals surface area (Å²) in [6.45, 7) is 19.0. The van der Waals surface area contributed by atoms with Gasteiger partial charge in [0.2, 0.25) is 0 Å². The minimum atomic E-state index is -0.759. The maximum atomic E-state index is 14.1. The summed E-state index contributed by atoms with van der Waals surface area (Å²) in [5, 5.41) is 20.3. The lowest BCUT2D eigenvalue weighted by molar-refractivity contribution is -0.145. The Kier molecular flexibility index (Phi) is 13.8. The molecular formula is C38H57N9O7. The fourth-order valence-electron chi connectivity index (χ4n) is 5.88. The highest BCUT2D eigenvalue weighted by Gasteiger charge is 2.29. The van der Waals surface area contributed by atoms with E-state index in [-0.39, 0.29) is 11.9 Å². The van der Waals surface area contributed by atoms with Crippen molar-refractivity contribution in [2.24, 2.45) is 5.92 Å². The van der Waals surface area contributed by atoms with E-state index < -0.39 is 35.4 Å². The molecule has 1 N–H and O–H groups in total. The number of ether oxygens (including phenoxy) is 3. The quantitative estimate of drug-likeness (QED) is 0.125. The van der Waals surface area contributed by atoms with Crippen molar-refractivity contribution in [2.45, 2.75) is 111 Å². The van der Waals surface area contributed by atoms with Crippen molar-refractivity contribution in [3.63, 3.8) is 0 Å². The van der Waals surface area contributed by atoms with Gasteiger partial charge in [0, 0.05) is 49.4 Å². The minimum Gasteiger partial charge on any atom is -0.467 e. The molecule has 0 bridgehead atoms. The zero-order valence-electron chi connectivity index (χ0n) is 33.4. The van der Waals surface area contributed by atoms with Crippen LogP contribution in [0.3, 0.4) is 0 Å². The molecule has 3 amide bonds. The van der Waals surface area contributed by atoms with Crippen LogP contribution in [-0.4, -0.2) is 115 Å². The van der Waals surface area contributed by atoms with Gasteiger partial charge in [-0.05, 0) is 91.8 Å². The fourth-order valence-corrected chi connectivity index (χ4v) is 5.88. The van der Waals surface area contributed by atoms with Gasteiger partial charge in [0.1, 0.15) is 22.6 Å². The number of alkyl carbamates (subject to hydrolysis) is 1. The molecular weight excluding hydrogens is 694 g/mol. The number of carbonyl (C=O) groups is 4. The second-order valence-electron chi connectivity index (χ2n) is 15.8. The van der Waals surface area contributed by atoms with Gasteiger partial charge < -0.3 is 29.3 Å². The van der Waals surface area contributed by atoms with Gasteiger partial charge in [-0.25, -0.2) is 23.7 Å². The van der Waals surface area contributed by atoms with Gasteiger partial charge in [-0.3, -0.25) is 4.79 Å². The van der Waals surface area contributed by atoms with E-state index in [1.165, 1.54) is 11.8 Å². The molecule has 1 unspecified atom stereocenters. The zero-order valence-corrected chi connectivity index (χ0v) is 33.4. The lowest BCUT2D eigenvalue weighted by atomic mass is 10.00. The van der Waals surface area contributed by atoms with Gasteiger partial charge >= 0.3 is 18.2 Å². The Morgan fingerprint density at radius 2 is 1.35 bits per heavy atom. The number of benzene rings is 1. The minimum absolute atomic E-state index is 0.116. The van der Waals surface area contributed by atoms with Crippen LogP contribution in [0.15, 0.2) is 30.6 Å². The van der Waals surface area contributed by atoms with Crippen LogP contribution in [0.2, 0.25) is 0 Å². The number of methoxy groups -OCH3 is 1. The van der Waals surface area contributed by atoms with Crippen molar-refractivity contribution in [3.8, 4) is 22.5 Å². The highest BCUT2D eigenvalue weighted by atomic mass is 16.6. The van der Waals surface area contributed by atoms with Crippen LogP contribution >= 0.6 is 0 Å². The van der Waals surface area contributed by atoms with Crippen molar-refractivity contribution in [1.82, 2.24) is 45.1 Å². The number of carbonyl (C=O) groups excluding carboxylic acids is 4. The van der Waals surface area contributed by atoms with Crippen LogP contribution in [0.5, 0.6) is 0 Å². The third kappa shape index (κ3) is 11.5. The zero-order chi connectivity index (χ0) is 39.8. The number of aromatic nitrogens is 6. The Bertz CT molecular complexity index is 1750. The smallest absolute Gasteiger partial charge is 0.410 e. The molecule has 4 rings (SSSR count). The average Bonchev–Trinajstić information content (AvgIpc) is 3.81. The normalized spacial score (nSPS) is 15.3. The van der Waals surface area contributed by atoms with E-state index in [2.05, 4.69) is 46.7 Å². The van der Waals surface area contributed by atoms with E-state index in [4.69, 9.17) is 14.2 Å². The molecule has 1 aliphatic heterocycles. The first-order valence-corrected chi connectivity index (χ1v) is 18.7. The van der Waals surface area contributed by atoms with Crippen molar-refractivity contribution in [3.05, 3.63) is 36.2 Å². The molecule has 3 aromatic rings. The van der Waals surface area contributed by atoms with E-state index >= 15 is 0 Å². The summed E-state index contributed by atoms with van der Waals surface area (Å²) in [5.41, 5.74) is 1.51. The Hall–Kier alpha value is -5.02. The summed E-state index contributed by atoms with van der Waals surface area (Å²) in [5.74, 6) is -0.308. The third-order valence-corrected chi connectivity index (χ3v) is 9.26. The van der Waals surface area contributed by atoms with Crippen LogP contribution in [0.1, 0.15) is 110 Å². The molecule has 1 aliphatic rings. The summed E-state index contributed by atoms with van der Waals surface area (Å²) in [6.07, 6.45) is 5.21. The largest absolute Gasteiger partial charge is 0.467 e. The Balaban J connectivity index is 1.58. The second-order valence-corrected chi connectivity index (χ2v) is 15.8. The van der Waals surface area contributed by atoms with Gasteiger partial charge in [-0.1, -0.05) is 30.7 Å². The topological polar surface area (TPSA) is 176 Å². The number of hydrogen-bond donors (Lipinski definition) is 1. The second kappa shape index (κ2) is 17.9. The first-order chi connectivity index (χ1) is 25.4. The van der Waals surface area contributed by atoms with Crippen LogP contribution in [0.4, 0.5) is 9.59 Å². The molecule has 54 heavy (non-hydrogen) atoms. The SMILES string of the molecule is CCC(C)[C@@H](C)n1cc(-c2cc(C(=O)N3CCN(C(=O)OC(C)(C)C)CC3)cc(-c3cn([C@@H](CCCCNC(=O)OC(C)(C)C)C(=O)OC)nn3)c2)nn1. The first kappa shape index (κ1) is 41.7. The number of hydrogen-bond acceptors (Lipinski definition) is 11. The fraction of sp³-hybridized carbons (Fsp3) is 0.632. The van der Waals surface area contributed by atoms with Crippen molar-refractivity contribution in [2.75, 3.05) is 39.8 Å².